The first-order valence-electron chi connectivity index (χ1n) is 10.0. The number of piperazine rings is 1. The van der Waals surface area contributed by atoms with Crippen molar-refractivity contribution < 1.29 is 9.18 Å². The summed E-state index contributed by atoms with van der Waals surface area (Å²) in [6, 6.07) is 10.7. The maximum Gasteiger partial charge on any atom is 0.226 e. The van der Waals surface area contributed by atoms with Gasteiger partial charge in [-0.25, -0.2) is 4.39 Å². The molecule has 148 valence electrons. The number of aryl methyl sites for hydroxylation is 1. The Morgan fingerprint density at radius 1 is 1.14 bits per heavy atom. The van der Waals surface area contributed by atoms with E-state index >= 15 is 0 Å². The van der Waals surface area contributed by atoms with Crippen LogP contribution in [0.5, 0.6) is 0 Å². The molecule has 1 aromatic heterocycles. The zero-order valence-electron chi connectivity index (χ0n) is 16.9. The molecule has 2 fully saturated rings. The molecule has 2 aliphatic rings. The lowest BCUT2D eigenvalue weighted by Crippen LogP contribution is -2.49. The molecule has 1 saturated heterocycles. The van der Waals surface area contributed by atoms with E-state index in [9.17, 15) is 9.18 Å². The molecule has 1 aliphatic heterocycles. The minimum atomic E-state index is -0.232. The molecule has 1 amide bonds. The van der Waals surface area contributed by atoms with Crippen molar-refractivity contribution in [1.29, 1.82) is 0 Å². The van der Waals surface area contributed by atoms with Crippen LogP contribution in [0.1, 0.15) is 36.6 Å². The van der Waals surface area contributed by atoms with Crippen LogP contribution in [0, 0.1) is 24.1 Å². The Hall–Kier alpha value is -2.27. The number of aromatic nitrogens is 1. The highest BCUT2D eigenvalue weighted by atomic mass is 19.1. The number of hydrogen-bond acceptors (Lipinski definition) is 3. The average molecular weight is 381 g/mol. The van der Waals surface area contributed by atoms with Crippen molar-refractivity contribution in [1.82, 2.24) is 14.8 Å². The number of benzene rings is 1. The zero-order valence-corrected chi connectivity index (χ0v) is 16.9. The molecule has 1 saturated carbocycles. The van der Waals surface area contributed by atoms with Gasteiger partial charge in [-0.3, -0.25) is 14.7 Å². The summed E-state index contributed by atoms with van der Waals surface area (Å²) in [6.45, 7) is 10.5. The fourth-order valence-corrected chi connectivity index (χ4v) is 4.61. The van der Waals surface area contributed by atoms with Gasteiger partial charge in [-0.2, -0.15) is 0 Å². The number of hydrogen-bond donors (Lipinski definition) is 0. The molecule has 28 heavy (non-hydrogen) atoms. The van der Waals surface area contributed by atoms with Crippen LogP contribution in [0.15, 0.2) is 42.6 Å². The van der Waals surface area contributed by atoms with Crippen molar-refractivity contribution in [3.63, 3.8) is 0 Å². The van der Waals surface area contributed by atoms with Crippen molar-refractivity contribution in [3.8, 4) is 0 Å². The lowest BCUT2D eigenvalue weighted by atomic mass is 10.0. The summed E-state index contributed by atoms with van der Waals surface area (Å²) in [5, 5.41) is 0. The van der Waals surface area contributed by atoms with Crippen LogP contribution < -0.4 is 0 Å². The molecule has 1 aromatic carbocycles. The predicted octanol–water partition coefficient (Wildman–Crippen LogP) is 3.61. The van der Waals surface area contributed by atoms with Gasteiger partial charge in [0, 0.05) is 44.8 Å². The van der Waals surface area contributed by atoms with E-state index in [4.69, 9.17) is 0 Å². The third kappa shape index (κ3) is 3.55. The molecule has 2 atom stereocenters. The van der Waals surface area contributed by atoms with E-state index in [0.717, 1.165) is 44.0 Å². The number of nitrogens with zero attached hydrogens (tertiary/aromatic N) is 3. The van der Waals surface area contributed by atoms with E-state index in [1.807, 2.05) is 29.3 Å². The second-order valence-corrected chi connectivity index (χ2v) is 8.70. The highest BCUT2D eigenvalue weighted by molar-refractivity contribution is 5.85. The zero-order chi connectivity index (χ0) is 19.9. The van der Waals surface area contributed by atoms with Gasteiger partial charge in [0.1, 0.15) is 5.82 Å². The minimum absolute atomic E-state index is 0.0115. The van der Waals surface area contributed by atoms with Crippen LogP contribution >= 0.6 is 0 Å². The average Bonchev–Trinajstić information content (AvgIpc) is 3.26. The van der Waals surface area contributed by atoms with Crippen LogP contribution in [0.2, 0.25) is 0 Å². The Labute approximate surface area is 166 Å². The van der Waals surface area contributed by atoms with Gasteiger partial charge < -0.3 is 4.90 Å². The Bertz CT molecular complexity index is 856. The summed E-state index contributed by atoms with van der Waals surface area (Å²) in [6.07, 6.45) is 1.84. The molecule has 0 bridgehead atoms. The fourth-order valence-electron chi connectivity index (χ4n) is 4.61. The molecule has 0 N–H and O–H groups in total. The van der Waals surface area contributed by atoms with Crippen molar-refractivity contribution >= 4 is 5.91 Å². The van der Waals surface area contributed by atoms with Gasteiger partial charge in [0.15, 0.2) is 0 Å². The van der Waals surface area contributed by atoms with Crippen molar-refractivity contribution in [2.75, 3.05) is 26.2 Å². The summed E-state index contributed by atoms with van der Waals surface area (Å²) < 4.78 is 13.2. The Morgan fingerprint density at radius 2 is 1.82 bits per heavy atom. The van der Waals surface area contributed by atoms with E-state index in [-0.39, 0.29) is 29.0 Å². The van der Waals surface area contributed by atoms with Crippen LogP contribution in [0.25, 0.3) is 0 Å². The standard InChI is InChI=1S/C23H28FN3O/c1-16-5-4-10-25-19(16)15-26-11-13-27(14-12-26)22(28)21-20(23(21,2)3)17-6-8-18(24)9-7-17/h4-10,20-21H,11-15H2,1-3H3. The van der Waals surface area contributed by atoms with E-state index in [1.165, 1.54) is 17.7 Å². The smallest absolute Gasteiger partial charge is 0.226 e. The molecular formula is C23H28FN3O. The first-order valence-corrected chi connectivity index (χ1v) is 10.0. The number of amides is 1. The Morgan fingerprint density at radius 3 is 2.46 bits per heavy atom. The summed E-state index contributed by atoms with van der Waals surface area (Å²) in [5.74, 6) is 0.176. The quantitative estimate of drug-likeness (QED) is 0.812. The number of carbonyl (C=O) groups is 1. The molecule has 2 aromatic rings. The van der Waals surface area contributed by atoms with E-state index in [0.29, 0.717) is 0 Å². The maximum absolute atomic E-state index is 13.2. The van der Waals surface area contributed by atoms with Gasteiger partial charge in [-0.1, -0.05) is 32.0 Å². The van der Waals surface area contributed by atoms with Crippen LogP contribution in [-0.4, -0.2) is 46.9 Å². The monoisotopic (exact) mass is 381 g/mol. The topological polar surface area (TPSA) is 36.4 Å². The lowest BCUT2D eigenvalue weighted by Gasteiger charge is -2.35. The van der Waals surface area contributed by atoms with Crippen molar-refractivity contribution in [3.05, 3.63) is 65.2 Å². The third-order valence-electron chi connectivity index (χ3n) is 6.50. The van der Waals surface area contributed by atoms with Crippen LogP contribution in [0.4, 0.5) is 4.39 Å². The first kappa shape index (κ1) is 19.1. The highest BCUT2D eigenvalue weighted by Crippen LogP contribution is 2.65. The molecule has 5 heteroatoms. The summed E-state index contributed by atoms with van der Waals surface area (Å²) in [4.78, 5) is 22.0. The fraction of sp³-hybridized carbons (Fsp3) is 0.478. The molecular weight excluding hydrogens is 353 g/mol. The van der Waals surface area contributed by atoms with Gasteiger partial charge in [0.25, 0.3) is 0 Å². The van der Waals surface area contributed by atoms with Crippen LogP contribution in [-0.2, 0) is 11.3 Å². The van der Waals surface area contributed by atoms with Gasteiger partial charge in [0.2, 0.25) is 5.91 Å². The molecule has 1 aliphatic carbocycles. The normalized spacial score (nSPS) is 24.2. The maximum atomic E-state index is 13.2. The second kappa shape index (κ2) is 7.28. The number of rotatable bonds is 4. The SMILES string of the molecule is Cc1cccnc1CN1CCN(C(=O)C2C(c3ccc(F)cc3)C2(C)C)CC1. The number of halogens is 1. The molecule has 0 spiro atoms. The predicted molar refractivity (Wildman–Crippen MR) is 107 cm³/mol. The summed E-state index contributed by atoms with van der Waals surface area (Å²) in [7, 11) is 0. The van der Waals surface area contributed by atoms with E-state index < -0.39 is 0 Å². The number of carbonyl (C=O) groups excluding carboxylic acids is 1. The van der Waals surface area contributed by atoms with E-state index in [1.54, 1.807) is 0 Å². The molecule has 0 radical (unpaired) electrons. The third-order valence-corrected chi connectivity index (χ3v) is 6.50. The van der Waals surface area contributed by atoms with Gasteiger partial charge >= 0.3 is 0 Å². The largest absolute Gasteiger partial charge is 0.340 e. The number of pyridine rings is 1. The van der Waals surface area contributed by atoms with Gasteiger partial charge in [-0.05, 0) is 41.7 Å². The summed E-state index contributed by atoms with van der Waals surface area (Å²) in [5.41, 5.74) is 3.32. The van der Waals surface area contributed by atoms with Crippen molar-refractivity contribution in [2.24, 2.45) is 11.3 Å². The van der Waals surface area contributed by atoms with Gasteiger partial charge in [0.05, 0.1) is 11.6 Å². The Kier molecular flexibility index (Phi) is 4.96. The summed E-state index contributed by atoms with van der Waals surface area (Å²) >= 11 is 0. The highest BCUT2D eigenvalue weighted by Gasteiger charge is 2.63. The van der Waals surface area contributed by atoms with E-state index in [2.05, 4.69) is 36.7 Å². The molecule has 4 rings (SSSR count). The van der Waals surface area contributed by atoms with Crippen molar-refractivity contribution in [2.45, 2.75) is 33.2 Å². The molecule has 4 nitrogen and oxygen atoms in total. The minimum Gasteiger partial charge on any atom is -0.340 e. The molecule has 2 unspecified atom stereocenters. The first-order chi connectivity index (χ1) is 13.4. The molecule has 2 heterocycles. The second-order valence-electron chi connectivity index (χ2n) is 8.70. The van der Waals surface area contributed by atoms with Gasteiger partial charge in [-0.15, -0.1) is 0 Å². The Balaban J connectivity index is 1.36. The lowest BCUT2D eigenvalue weighted by molar-refractivity contribution is -0.135. The van der Waals surface area contributed by atoms with Crippen LogP contribution in [0.3, 0.4) is 0 Å².